The Balaban J connectivity index is 0.00000225. The molecule has 0 aromatic heterocycles. The lowest BCUT2D eigenvalue weighted by atomic mass is 10.0. The minimum Gasteiger partial charge on any atom is -0.373 e. The molecule has 4 nitrogen and oxygen atoms in total. The largest absolute Gasteiger partial charge is 0.373 e. The number of morpholine rings is 1. The first-order valence-corrected chi connectivity index (χ1v) is 5.83. The Kier molecular flexibility index (Phi) is 7.72. The van der Waals surface area contributed by atoms with E-state index in [9.17, 15) is 4.79 Å². The number of hydrogen-bond donors (Lipinski definition) is 1. The summed E-state index contributed by atoms with van der Waals surface area (Å²) in [4.78, 5) is 14.0. The third-order valence-corrected chi connectivity index (χ3v) is 3.05. The molecule has 1 amide bonds. The van der Waals surface area contributed by atoms with Crippen LogP contribution in [0.15, 0.2) is 0 Å². The highest BCUT2D eigenvalue weighted by Crippen LogP contribution is 2.14. The number of nitrogens with zero attached hydrogens (tertiary/aromatic N) is 1. The Morgan fingerprint density at radius 2 is 2.12 bits per heavy atom. The topological polar surface area (TPSA) is 55.6 Å². The number of carbonyl (C=O) groups excluding carboxylic acids is 1. The molecular formula is C11H23ClN2O2. The predicted octanol–water partition coefficient (Wildman–Crippen LogP) is 1.03. The maximum atomic E-state index is 12.1. The highest BCUT2D eigenvalue weighted by molar-refractivity contribution is 5.85. The van der Waals surface area contributed by atoms with E-state index in [1.165, 1.54) is 0 Å². The Morgan fingerprint density at radius 3 is 2.62 bits per heavy atom. The molecule has 0 bridgehead atoms. The fourth-order valence-corrected chi connectivity index (χ4v) is 1.96. The minimum atomic E-state index is 0. The fourth-order valence-electron chi connectivity index (χ4n) is 1.96. The van der Waals surface area contributed by atoms with Gasteiger partial charge in [0.15, 0.2) is 0 Å². The molecule has 0 aromatic rings. The molecule has 16 heavy (non-hydrogen) atoms. The van der Waals surface area contributed by atoms with Gasteiger partial charge in [-0.3, -0.25) is 4.79 Å². The van der Waals surface area contributed by atoms with Crippen molar-refractivity contribution in [2.75, 3.05) is 26.2 Å². The second kappa shape index (κ2) is 7.87. The second-order valence-corrected chi connectivity index (χ2v) is 4.03. The van der Waals surface area contributed by atoms with Gasteiger partial charge in [-0.05, 0) is 12.8 Å². The highest BCUT2D eigenvalue weighted by atomic mass is 35.5. The van der Waals surface area contributed by atoms with Crippen molar-refractivity contribution in [3.8, 4) is 0 Å². The molecule has 1 saturated heterocycles. The molecule has 0 aromatic carbocycles. The van der Waals surface area contributed by atoms with Crippen LogP contribution in [-0.2, 0) is 9.53 Å². The molecular weight excluding hydrogens is 228 g/mol. The van der Waals surface area contributed by atoms with Crippen LogP contribution < -0.4 is 5.73 Å². The van der Waals surface area contributed by atoms with E-state index in [0.29, 0.717) is 26.2 Å². The lowest BCUT2D eigenvalue weighted by Gasteiger charge is -2.34. The molecule has 1 aliphatic rings. The van der Waals surface area contributed by atoms with E-state index in [2.05, 4.69) is 13.8 Å². The normalized spacial score (nSPS) is 20.8. The summed E-state index contributed by atoms with van der Waals surface area (Å²) < 4.78 is 5.44. The van der Waals surface area contributed by atoms with Crippen LogP contribution in [0.3, 0.4) is 0 Å². The standard InChI is InChI=1S/C11H22N2O2.ClH/c1-3-9(4-2)11(14)13-5-6-15-10(7-12)8-13;/h9-10H,3-8,12H2,1-2H3;1H. The van der Waals surface area contributed by atoms with Crippen LogP contribution in [0, 0.1) is 5.92 Å². The Hall–Kier alpha value is -0.320. The second-order valence-electron chi connectivity index (χ2n) is 4.03. The summed E-state index contributed by atoms with van der Waals surface area (Å²) in [6.07, 6.45) is 1.86. The van der Waals surface area contributed by atoms with Crippen molar-refractivity contribution in [2.45, 2.75) is 32.8 Å². The van der Waals surface area contributed by atoms with Gasteiger partial charge >= 0.3 is 0 Å². The van der Waals surface area contributed by atoms with Crippen LogP contribution in [-0.4, -0.2) is 43.2 Å². The van der Waals surface area contributed by atoms with Gasteiger partial charge in [-0.15, -0.1) is 12.4 Å². The van der Waals surface area contributed by atoms with Gasteiger partial charge in [0.1, 0.15) is 0 Å². The fraction of sp³-hybridized carbons (Fsp3) is 0.909. The van der Waals surface area contributed by atoms with Crippen molar-refractivity contribution in [3.05, 3.63) is 0 Å². The summed E-state index contributed by atoms with van der Waals surface area (Å²) in [5.41, 5.74) is 5.54. The quantitative estimate of drug-likeness (QED) is 0.811. The lowest BCUT2D eigenvalue weighted by Crippen LogP contribution is -2.49. The molecule has 1 fully saturated rings. The summed E-state index contributed by atoms with van der Waals surface area (Å²) >= 11 is 0. The van der Waals surface area contributed by atoms with E-state index < -0.39 is 0 Å². The number of halogens is 1. The number of amides is 1. The average Bonchev–Trinajstić information content (AvgIpc) is 2.30. The van der Waals surface area contributed by atoms with E-state index in [0.717, 1.165) is 12.8 Å². The summed E-state index contributed by atoms with van der Waals surface area (Å²) in [5, 5.41) is 0. The average molecular weight is 251 g/mol. The number of ether oxygens (including phenoxy) is 1. The van der Waals surface area contributed by atoms with Crippen molar-refractivity contribution in [1.29, 1.82) is 0 Å². The summed E-state index contributed by atoms with van der Waals surface area (Å²) in [6, 6.07) is 0. The Bertz CT molecular complexity index is 210. The van der Waals surface area contributed by atoms with Crippen LogP contribution in [0.25, 0.3) is 0 Å². The minimum absolute atomic E-state index is 0. The van der Waals surface area contributed by atoms with E-state index in [1.807, 2.05) is 4.90 Å². The first-order chi connectivity index (χ1) is 7.22. The van der Waals surface area contributed by atoms with Crippen molar-refractivity contribution in [1.82, 2.24) is 4.90 Å². The van der Waals surface area contributed by atoms with Crippen LogP contribution >= 0.6 is 12.4 Å². The van der Waals surface area contributed by atoms with Gasteiger partial charge in [-0.25, -0.2) is 0 Å². The lowest BCUT2D eigenvalue weighted by molar-refractivity contribution is -0.143. The summed E-state index contributed by atoms with van der Waals surface area (Å²) in [7, 11) is 0. The summed E-state index contributed by atoms with van der Waals surface area (Å²) in [5.74, 6) is 0.434. The first-order valence-electron chi connectivity index (χ1n) is 5.83. The molecule has 0 spiro atoms. The van der Waals surface area contributed by atoms with Crippen LogP contribution in [0.1, 0.15) is 26.7 Å². The van der Waals surface area contributed by atoms with Crippen LogP contribution in [0.2, 0.25) is 0 Å². The number of nitrogens with two attached hydrogens (primary N) is 1. The van der Waals surface area contributed by atoms with E-state index >= 15 is 0 Å². The number of carbonyl (C=O) groups is 1. The van der Waals surface area contributed by atoms with Crippen molar-refractivity contribution in [2.24, 2.45) is 11.7 Å². The van der Waals surface area contributed by atoms with Gasteiger partial charge in [-0.2, -0.15) is 0 Å². The van der Waals surface area contributed by atoms with Gasteiger partial charge in [0.25, 0.3) is 0 Å². The smallest absolute Gasteiger partial charge is 0.225 e. The number of hydrogen-bond acceptors (Lipinski definition) is 3. The molecule has 96 valence electrons. The van der Waals surface area contributed by atoms with E-state index in [-0.39, 0.29) is 30.3 Å². The van der Waals surface area contributed by atoms with Crippen molar-refractivity contribution in [3.63, 3.8) is 0 Å². The molecule has 1 atom stereocenters. The molecule has 2 N–H and O–H groups in total. The van der Waals surface area contributed by atoms with E-state index in [1.54, 1.807) is 0 Å². The van der Waals surface area contributed by atoms with Crippen molar-refractivity contribution < 1.29 is 9.53 Å². The maximum absolute atomic E-state index is 12.1. The van der Waals surface area contributed by atoms with Gasteiger partial charge in [-0.1, -0.05) is 13.8 Å². The predicted molar refractivity (Wildman–Crippen MR) is 66.7 cm³/mol. The van der Waals surface area contributed by atoms with Gasteiger partial charge in [0, 0.05) is 25.6 Å². The maximum Gasteiger partial charge on any atom is 0.225 e. The molecule has 1 aliphatic heterocycles. The van der Waals surface area contributed by atoms with Gasteiger partial charge < -0.3 is 15.4 Å². The third-order valence-electron chi connectivity index (χ3n) is 3.05. The zero-order valence-electron chi connectivity index (χ0n) is 10.1. The molecule has 5 heteroatoms. The SMILES string of the molecule is CCC(CC)C(=O)N1CCOC(CN)C1.Cl. The Labute approximate surface area is 104 Å². The summed E-state index contributed by atoms with van der Waals surface area (Å²) in [6.45, 7) is 6.61. The molecule has 0 radical (unpaired) electrons. The van der Waals surface area contributed by atoms with Crippen LogP contribution in [0.5, 0.6) is 0 Å². The zero-order chi connectivity index (χ0) is 11.3. The van der Waals surface area contributed by atoms with Gasteiger partial charge in [0.2, 0.25) is 5.91 Å². The van der Waals surface area contributed by atoms with Crippen molar-refractivity contribution >= 4 is 18.3 Å². The Morgan fingerprint density at radius 1 is 1.50 bits per heavy atom. The molecule has 1 heterocycles. The van der Waals surface area contributed by atoms with Gasteiger partial charge in [0.05, 0.1) is 12.7 Å². The third kappa shape index (κ3) is 3.92. The molecule has 1 unspecified atom stereocenters. The molecule has 1 rings (SSSR count). The zero-order valence-corrected chi connectivity index (χ0v) is 11.0. The van der Waals surface area contributed by atoms with E-state index in [4.69, 9.17) is 10.5 Å². The molecule has 0 saturated carbocycles. The highest BCUT2D eigenvalue weighted by Gasteiger charge is 2.26. The van der Waals surface area contributed by atoms with Crippen LogP contribution in [0.4, 0.5) is 0 Å². The monoisotopic (exact) mass is 250 g/mol. The molecule has 0 aliphatic carbocycles. The first kappa shape index (κ1) is 15.7. The number of rotatable bonds is 4.